The minimum atomic E-state index is 0.330. The number of hydrogen-bond acceptors (Lipinski definition) is 2. The summed E-state index contributed by atoms with van der Waals surface area (Å²) in [6, 6.07) is 0. The van der Waals surface area contributed by atoms with Gasteiger partial charge in [-0.15, -0.1) is 11.8 Å². The summed E-state index contributed by atoms with van der Waals surface area (Å²) in [5, 5.41) is 0. The van der Waals surface area contributed by atoms with Gasteiger partial charge in [0.15, 0.2) is 0 Å². The predicted molar refractivity (Wildman–Crippen MR) is 55.3 cm³/mol. The van der Waals surface area contributed by atoms with Crippen molar-refractivity contribution in [1.29, 1.82) is 0 Å². The molecule has 0 heterocycles. The van der Waals surface area contributed by atoms with Crippen molar-refractivity contribution in [3.8, 4) is 11.8 Å². The van der Waals surface area contributed by atoms with Crippen molar-refractivity contribution in [2.75, 3.05) is 11.5 Å². The number of hydrogen-bond donors (Lipinski definition) is 0. The first-order chi connectivity index (χ1) is 5.81. The Morgan fingerprint density at radius 1 is 1.50 bits per heavy atom. The molecule has 0 saturated heterocycles. The average molecular weight is 184 g/mol. The molecule has 0 bridgehead atoms. The summed E-state index contributed by atoms with van der Waals surface area (Å²) in [4.78, 5) is 11.1. The van der Waals surface area contributed by atoms with Gasteiger partial charge in [-0.1, -0.05) is 6.92 Å². The molecule has 0 amide bonds. The smallest absolute Gasteiger partial charge is 0.143 e. The SMILES string of the molecule is CC#CCCC(=O)CSCCC. The van der Waals surface area contributed by atoms with Crippen LogP contribution < -0.4 is 0 Å². The Kier molecular flexibility index (Phi) is 8.37. The van der Waals surface area contributed by atoms with E-state index in [2.05, 4.69) is 18.8 Å². The summed E-state index contributed by atoms with van der Waals surface area (Å²) < 4.78 is 0. The number of carbonyl (C=O) groups excluding carboxylic acids is 1. The third-order valence-corrected chi connectivity index (χ3v) is 2.54. The molecule has 12 heavy (non-hydrogen) atoms. The fraction of sp³-hybridized carbons (Fsp3) is 0.700. The van der Waals surface area contributed by atoms with Crippen LogP contribution >= 0.6 is 11.8 Å². The van der Waals surface area contributed by atoms with Crippen LogP contribution in [-0.4, -0.2) is 17.3 Å². The Bertz CT molecular complexity index is 176. The van der Waals surface area contributed by atoms with Crippen molar-refractivity contribution >= 4 is 17.5 Å². The molecule has 0 aliphatic heterocycles. The van der Waals surface area contributed by atoms with Crippen molar-refractivity contribution in [3.63, 3.8) is 0 Å². The predicted octanol–water partition coefficient (Wildman–Crippen LogP) is 2.50. The summed E-state index contributed by atoms with van der Waals surface area (Å²) in [6.07, 6.45) is 2.49. The van der Waals surface area contributed by atoms with E-state index in [0.717, 1.165) is 18.6 Å². The number of thioether (sulfide) groups is 1. The topological polar surface area (TPSA) is 17.1 Å². The van der Waals surface area contributed by atoms with Gasteiger partial charge in [-0.25, -0.2) is 0 Å². The van der Waals surface area contributed by atoms with Gasteiger partial charge in [0.05, 0.1) is 5.75 Å². The first kappa shape index (κ1) is 11.6. The molecule has 0 aromatic carbocycles. The van der Waals surface area contributed by atoms with Crippen molar-refractivity contribution in [2.45, 2.75) is 33.1 Å². The van der Waals surface area contributed by atoms with Crippen LogP contribution in [0, 0.1) is 11.8 Å². The van der Waals surface area contributed by atoms with Gasteiger partial charge in [0, 0.05) is 12.8 Å². The van der Waals surface area contributed by atoms with Gasteiger partial charge in [0.2, 0.25) is 0 Å². The molecule has 0 N–H and O–H groups in total. The lowest BCUT2D eigenvalue weighted by molar-refractivity contribution is -0.116. The molecule has 0 aliphatic carbocycles. The van der Waals surface area contributed by atoms with Gasteiger partial charge in [-0.05, 0) is 19.1 Å². The van der Waals surface area contributed by atoms with Gasteiger partial charge in [0.25, 0.3) is 0 Å². The Balaban J connectivity index is 3.25. The largest absolute Gasteiger partial charge is 0.299 e. The molecule has 2 heteroatoms. The monoisotopic (exact) mass is 184 g/mol. The van der Waals surface area contributed by atoms with Crippen LogP contribution in [0.5, 0.6) is 0 Å². The molecule has 0 aromatic rings. The zero-order valence-electron chi connectivity index (χ0n) is 7.85. The maximum Gasteiger partial charge on any atom is 0.143 e. The van der Waals surface area contributed by atoms with Crippen LogP contribution in [0.15, 0.2) is 0 Å². The first-order valence-electron chi connectivity index (χ1n) is 4.30. The van der Waals surface area contributed by atoms with E-state index in [-0.39, 0.29) is 0 Å². The molecule has 68 valence electrons. The van der Waals surface area contributed by atoms with Crippen molar-refractivity contribution in [1.82, 2.24) is 0 Å². The first-order valence-corrected chi connectivity index (χ1v) is 5.45. The zero-order chi connectivity index (χ0) is 9.23. The number of carbonyl (C=O) groups is 1. The van der Waals surface area contributed by atoms with Crippen LogP contribution in [0.4, 0.5) is 0 Å². The van der Waals surface area contributed by atoms with E-state index in [1.54, 1.807) is 18.7 Å². The van der Waals surface area contributed by atoms with Crippen LogP contribution in [0.1, 0.15) is 33.1 Å². The van der Waals surface area contributed by atoms with E-state index in [9.17, 15) is 4.79 Å². The van der Waals surface area contributed by atoms with E-state index in [1.165, 1.54) is 0 Å². The van der Waals surface area contributed by atoms with Crippen molar-refractivity contribution in [2.24, 2.45) is 0 Å². The normalized spacial score (nSPS) is 8.83. The second kappa shape index (κ2) is 8.67. The van der Waals surface area contributed by atoms with Crippen LogP contribution in [0.3, 0.4) is 0 Å². The Morgan fingerprint density at radius 3 is 2.83 bits per heavy atom. The van der Waals surface area contributed by atoms with E-state index >= 15 is 0 Å². The lowest BCUT2D eigenvalue weighted by Gasteiger charge is -1.96. The third kappa shape index (κ3) is 7.68. The lowest BCUT2D eigenvalue weighted by atomic mass is 10.2. The molecule has 0 spiro atoms. The second-order valence-electron chi connectivity index (χ2n) is 2.52. The minimum absolute atomic E-state index is 0.330. The highest BCUT2D eigenvalue weighted by molar-refractivity contribution is 7.99. The summed E-state index contributed by atoms with van der Waals surface area (Å²) in [5.41, 5.74) is 0. The summed E-state index contributed by atoms with van der Waals surface area (Å²) in [5.74, 6) is 7.75. The van der Waals surface area contributed by atoms with E-state index < -0.39 is 0 Å². The molecule has 1 nitrogen and oxygen atoms in total. The highest BCUT2D eigenvalue weighted by Crippen LogP contribution is 2.04. The molecular formula is C10H16OS. The summed E-state index contributed by atoms with van der Waals surface area (Å²) >= 11 is 1.72. The van der Waals surface area contributed by atoms with Gasteiger partial charge in [-0.3, -0.25) is 4.79 Å². The Labute approximate surface area is 79.3 Å². The van der Waals surface area contributed by atoms with Crippen LogP contribution in [0.2, 0.25) is 0 Å². The summed E-state index contributed by atoms with van der Waals surface area (Å²) in [7, 11) is 0. The third-order valence-electron chi connectivity index (χ3n) is 1.32. The Morgan fingerprint density at radius 2 is 2.25 bits per heavy atom. The van der Waals surface area contributed by atoms with Crippen LogP contribution in [0.25, 0.3) is 0 Å². The van der Waals surface area contributed by atoms with E-state index in [1.807, 2.05) is 0 Å². The number of Topliss-reactive ketones (excluding diaryl/α,β-unsaturated/α-hetero) is 1. The summed E-state index contributed by atoms with van der Waals surface area (Å²) in [6.45, 7) is 3.93. The van der Waals surface area contributed by atoms with E-state index in [4.69, 9.17) is 0 Å². The molecule has 0 radical (unpaired) electrons. The minimum Gasteiger partial charge on any atom is -0.299 e. The van der Waals surface area contributed by atoms with Gasteiger partial charge < -0.3 is 0 Å². The molecular weight excluding hydrogens is 168 g/mol. The van der Waals surface area contributed by atoms with Gasteiger partial charge >= 0.3 is 0 Å². The highest BCUT2D eigenvalue weighted by atomic mass is 32.2. The van der Waals surface area contributed by atoms with Crippen molar-refractivity contribution < 1.29 is 4.79 Å². The number of rotatable bonds is 6. The molecule has 0 saturated carbocycles. The molecule has 0 unspecified atom stereocenters. The van der Waals surface area contributed by atoms with Crippen LogP contribution in [-0.2, 0) is 4.79 Å². The average Bonchev–Trinajstić information content (AvgIpc) is 2.06. The molecule has 0 fully saturated rings. The van der Waals surface area contributed by atoms with Gasteiger partial charge in [0.1, 0.15) is 5.78 Å². The van der Waals surface area contributed by atoms with E-state index in [0.29, 0.717) is 18.0 Å². The van der Waals surface area contributed by atoms with Gasteiger partial charge in [-0.2, -0.15) is 11.8 Å². The maximum atomic E-state index is 11.1. The fourth-order valence-electron chi connectivity index (χ4n) is 0.729. The standard InChI is InChI=1S/C10H16OS/c1-3-5-6-7-10(11)9-12-8-4-2/h4,6-9H2,1-2H3. The zero-order valence-corrected chi connectivity index (χ0v) is 8.67. The second-order valence-corrected chi connectivity index (χ2v) is 3.62. The molecule has 0 rings (SSSR count). The maximum absolute atomic E-state index is 11.1. The highest BCUT2D eigenvalue weighted by Gasteiger charge is 1.99. The number of ketones is 1. The molecule has 0 atom stereocenters. The lowest BCUT2D eigenvalue weighted by Crippen LogP contribution is -2.00. The Hall–Kier alpha value is -0.420. The van der Waals surface area contributed by atoms with Crippen molar-refractivity contribution in [3.05, 3.63) is 0 Å². The molecule has 0 aromatic heterocycles. The molecule has 0 aliphatic rings. The fourth-order valence-corrected chi connectivity index (χ4v) is 1.53. The quantitative estimate of drug-likeness (QED) is 0.466.